The molecule has 7 heteroatoms. The number of nitrogens with one attached hydrogen (secondary N) is 1. The van der Waals surface area contributed by atoms with Crippen molar-refractivity contribution in [2.75, 3.05) is 25.2 Å². The topological polar surface area (TPSA) is 69.3 Å². The molecule has 2 amide bonds. The summed E-state index contributed by atoms with van der Waals surface area (Å²) in [7, 11) is 1.61. The first-order valence-electron chi connectivity index (χ1n) is 8.95. The Morgan fingerprint density at radius 2 is 2.00 bits per heavy atom. The van der Waals surface area contributed by atoms with Crippen molar-refractivity contribution in [1.82, 2.24) is 5.32 Å². The number of anilines is 1. The number of nitrogens with zero attached hydrogens (tertiary/aromatic N) is 1. The van der Waals surface area contributed by atoms with E-state index in [0.717, 1.165) is 5.56 Å². The van der Waals surface area contributed by atoms with E-state index in [4.69, 9.17) is 18.9 Å². The Kier molecular flexibility index (Phi) is 3.40. The maximum absolute atomic E-state index is 13.0. The van der Waals surface area contributed by atoms with Crippen LogP contribution >= 0.6 is 0 Å². The van der Waals surface area contributed by atoms with Gasteiger partial charge in [0, 0.05) is 18.1 Å². The summed E-state index contributed by atoms with van der Waals surface area (Å²) in [4.78, 5) is 14.6. The molecule has 0 aliphatic carbocycles. The van der Waals surface area contributed by atoms with Gasteiger partial charge >= 0.3 is 6.03 Å². The summed E-state index contributed by atoms with van der Waals surface area (Å²) in [6.45, 7) is 2.93. The van der Waals surface area contributed by atoms with Gasteiger partial charge in [0.25, 0.3) is 0 Å². The fraction of sp³-hybridized carbons (Fsp3) is 0.350. The van der Waals surface area contributed by atoms with Crippen LogP contribution in [0.4, 0.5) is 10.5 Å². The van der Waals surface area contributed by atoms with Crippen molar-refractivity contribution in [2.24, 2.45) is 0 Å². The van der Waals surface area contributed by atoms with E-state index >= 15 is 0 Å². The number of ether oxygens (including phenoxy) is 4. The molecule has 0 saturated carbocycles. The highest BCUT2D eigenvalue weighted by molar-refractivity contribution is 5.95. The lowest BCUT2D eigenvalue weighted by Gasteiger charge is -2.50. The molecule has 2 unspecified atom stereocenters. The second-order valence-corrected chi connectivity index (χ2v) is 7.03. The minimum Gasteiger partial charge on any atom is -0.493 e. The van der Waals surface area contributed by atoms with E-state index in [0.29, 0.717) is 48.3 Å². The minimum absolute atomic E-state index is 0.130. The average Bonchev–Trinajstić information content (AvgIpc) is 2.67. The molecule has 0 aromatic heterocycles. The lowest BCUT2D eigenvalue weighted by atomic mass is 9.90. The molecular formula is C20H20N2O5. The number of hydrogen-bond donors (Lipinski definition) is 1. The van der Waals surface area contributed by atoms with Crippen molar-refractivity contribution < 1.29 is 23.7 Å². The first-order valence-corrected chi connectivity index (χ1v) is 8.95. The van der Waals surface area contributed by atoms with Crippen LogP contribution in [0.2, 0.25) is 0 Å². The van der Waals surface area contributed by atoms with Gasteiger partial charge in [-0.05, 0) is 25.1 Å². The molecule has 140 valence electrons. The quantitative estimate of drug-likeness (QED) is 0.881. The second-order valence-electron chi connectivity index (χ2n) is 7.03. The monoisotopic (exact) mass is 368 g/mol. The van der Waals surface area contributed by atoms with E-state index in [2.05, 4.69) is 5.32 Å². The number of urea groups is 1. The van der Waals surface area contributed by atoms with Gasteiger partial charge in [-0.2, -0.15) is 0 Å². The molecule has 0 radical (unpaired) electrons. The number of amides is 2. The molecule has 3 aliphatic heterocycles. The number of benzene rings is 2. The van der Waals surface area contributed by atoms with Gasteiger partial charge in [-0.15, -0.1) is 0 Å². The molecule has 1 fully saturated rings. The molecule has 1 N–H and O–H groups in total. The first kappa shape index (κ1) is 16.1. The van der Waals surface area contributed by atoms with Crippen LogP contribution in [0.3, 0.4) is 0 Å². The standard InChI is InChI=1S/C20H20N2O5/c1-20-11-14(13-4-3-5-16(24-2)18(13)27-20)21-19(23)22(20)12-6-7-15-17(10-12)26-9-8-25-15/h3-7,10,14H,8-9,11H2,1-2H3,(H,21,23). The lowest BCUT2D eigenvalue weighted by molar-refractivity contribution is 0.0349. The molecule has 2 bridgehead atoms. The molecule has 2 atom stereocenters. The first-order chi connectivity index (χ1) is 13.1. The van der Waals surface area contributed by atoms with E-state index in [9.17, 15) is 4.79 Å². The van der Waals surface area contributed by atoms with Gasteiger partial charge < -0.3 is 24.3 Å². The normalized spacial score (nSPS) is 25.2. The van der Waals surface area contributed by atoms with Crippen LogP contribution in [0.5, 0.6) is 23.0 Å². The Morgan fingerprint density at radius 3 is 2.81 bits per heavy atom. The maximum Gasteiger partial charge on any atom is 0.325 e. The largest absolute Gasteiger partial charge is 0.493 e. The summed E-state index contributed by atoms with van der Waals surface area (Å²) in [6.07, 6.45) is 0.618. The fourth-order valence-electron chi connectivity index (χ4n) is 4.08. The molecule has 2 aromatic rings. The zero-order valence-electron chi connectivity index (χ0n) is 15.2. The highest BCUT2D eigenvalue weighted by Gasteiger charge is 2.50. The number of carbonyl (C=O) groups is 1. The van der Waals surface area contributed by atoms with E-state index < -0.39 is 5.72 Å². The molecule has 1 saturated heterocycles. The minimum atomic E-state index is -0.849. The molecule has 27 heavy (non-hydrogen) atoms. The SMILES string of the molecule is COc1cccc2c1OC1(C)CC2NC(=O)N1c1ccc2c(c1)OCCO2. The highest BCUT2D eigenvalue weighted by Crippen LogP contribution is 2.49. The third kappa shape index (κ3) is 2.38. The van der Waals surface area contributed by atoms with Crippen LogP contribution in [0.1, 0.15) is 24.9 Å². The smallest absolute Gasteiger partial charge is 0.325 e. The molecule has 5 rings (SSSR count). The summed E-state index contributed by atoms with van der Waals surface area (Å²) < 4.78 is 23.1. The van der Waals surface area contributed by atoms with Crippen molar-refractivity contribution in [1.29, 1.82) is 0 Å². The molecule has 3 aliphatic rings. The molecule has 0 spiro atoms. The Balaban J connectivity index is 1.58. The number of rotatable bonds is 2. The number of carbonyl (C=O) groups excluding carboxylic acids is 1. The predicted octanol–water partition coefficient (Wildman–Crippen LogP) is 3.24. The van der Waals surface area contributed by atoms with Crippen molar-refractivity contribution in [2.45, 2.75) is 25.1 Å². The summed E-state index contributed by atoms with van der Waals surface area (Å²) >= 11 is 0. The van der Waals surface area contributed by atoms with Crippen LogP contribution in [0.15, 0.2) is 36.4 Å². The van der Waals surface area contributed by atoms with Crippen molar-refractivity contribution in [3.8, 4) is 23.0 Å². The zero-order valence-corrected chi connectivity index (χ0v) is 15.2. The van der Waals surface area contributed by atoms with Crippen LogP contribution < -0.4 is 29.2 Å². The number of hydrogen-bond acceptors (Lipinski definition) is 5. The average molecular weight is 368 g/mol. The Hall–Kier alpha value is -3.09. The van der Waals surface area contributed by atoms with E-state index in [1.165, 1.54) is 0 Å². The number of fused-ring (bicyclic) bond motifs is 5. The lowest BCUT2D eigenvalue weighted by Crippen LogP contribution is -2.65. The van der Waals surface area contributed by atoms with Gasteiger partial charge in [-0.3, -0.25) is 4.90 Å². The van der Waals surface area contributed by atoms with Crippen LogP contribution in [0, 0.1) is 0 Å². The number of methoxy groups -OCH3 is 1. The van der Waals surface area contributed by atoms with Gasteiger partial charge in [0.1, 0.15) is 13.2 Å². The Labute approximate surface area is 156 Å². The molecule has 7 nitrogen and oxygen atoms in total. The van der Waals surface area contributed by atoms with E-state index in [1.807, 2.05) is 43.3 Å². The van der Waals surface area contributed by atoms with Gasteiger partial charge in [0.2, 0.25) is 0 Å². The van der Waals surface area contributed by atoms with Crippen LogP contribution in [0.25, 0.3) is 0 Å². The predicted molar refractivity (Wildman–Crippen MR) is 97.8 cm³/mol. The van der Waals surface area contributed by atoms with Crippen LogP contribution in [-0.4, -0.2) is 32.1 Å². The Morgan fingerprint density at radius 1 is 1.19 bits per heavy atom. The number of para-hydroxylation sites is 1. The van der Waals surface area contributed by atoms with Gasteiger partial charge in [-0.1, -0.05) is 12.1 Å². The molecular weight excluding hydrogens is 348 g/mol. The molecule has 3 heterocycles. The van der Waals surface area contributed by atoms with Gasteiger partial charge in [-0.25, -0.2) is 4.79 Å². The zero-order chi connectivity index (χ0) is 18.6. The fourth-order valence-corrected chi connectivity index (χ4v) is 4.08. The van der Waals surface area contributed by atoms with E-state index in [1.54, 1.807) is 12.0 Å². The summed E-state index contributed by atoms with van der Waals surface area (Å²) in [5, 5.41) is 3.09. The highest BCUT2D eigenvalue weighted by atomic mass is 16.6. The van der Waals surface area contributed by atoms with Crippen LogP contribution in [-0.2, 0) is 0 Å². The Bertz CT molecular complexity index is 931. The third-order valence-corrected chi connectivity index (χ3v) is 5.27. The summed E-state index contributed by atoms with van der Waals surface area (Å²) in [5.41, 5.74) is 0.774. The molecule has 2 aromatic carbocycles. The van der Waals surface area contributed by atoms with Crippen molar-refractivity contribution in [3.63, 3.8) is 0 Å². The summed E-state index contributed by atoms with van der Waals surface area (Å²) in [6, 6.07) is 10.9. The van der Waals surface area contributed by atoms with E-state index in [-0.39, 0.29) is 12.1 Å². The second kappa shape index (κ2) is 5.70. The summed E-state index contributed by atoms with van der Waals surface area (Å²) in [5.74, 6) is 2.64. The van der Waals surface area contributed by atoms with Crippen molar-refractivity contribution in [3.05, 3.63) is 42.0 Å². The third-order valence-electron chi connectivity index (χ3n) is 5.27. The van der Waals surface area contributed by atoms with Gasteiger partial charge in [0.05, 0.1) is 18.8 Å². The maximum atomic E-state index is 13.0. The van der Waals surface area contributed by atoms with Crippen molar-refractivity contribution >= 4 is 11.7 Å². The van der Waals surface area contributed by atoms with Gasteiger partial charge in [0.15, 0.2) is 28.7 Å².